The van der Waals surface area contributed by atoms with Gasteiger partial charge in [-0.2, -0.15) is 0 Å². The number of hydrogen-bond donors (Lipinski definition) is 1. The Bertz CT molecular complexity index is 1270. The van der Waals surface area contributed by atoms with E-state index in [1.807, 2.05) is 0 Å². The molecule has 33 heavy (non-hydrogen) atoms. The molecule has 0 aliphatic carbocycles. The fraction of sp³-hybridized carbons (Fsp3) is 0.227. The summed E-state index contributed by atoms with van der Waals surface area (Å²) in [6, 6.07) is 11.3. The van der Waals surface area contributed by atoms with Crippen molar-refractivity contribution in [3.05, 3.63) is 70.5 Å². The summed E-state index contributed by atoms with van der Waals surface area (Å²) in [5.41, 5.74) is 1.51. The van der Waals surface area contributed by atoms with Gasteiger partial charge in [0.25, 0.3) is 10.0 Å². The Hall–Kier alpha value is -2.88. The molecule has 4 rings (SSSR count). The molecule has 1 amide bonds. The van der Waals surface area contributed by atoms with E-state index in [2.05, 4.69) is 14.7 Å². The highest BCUT2D eigenvalue weighted by molar-refractivity contribution is 7.92. The second kappa shape index (κ2) is 9.94. The molecule has 172 valence electrons. The molecule has 2 aromatic carbocycles. The van der Waals surface area contributed by atoms with Gasteiger partial charge >= 0.3 is 0 Å². The molecule has 1 aliphatic heterocycles. The molecule has 1 N–H and O–H groups in total. The van der Waals surface area contributed by atoms with Crippen LogP contribution in [-0.4, -0.2) is 37.4 Å². The van der Waals surface area contributed by atoms with Crippen LogP contribution in [0.1, 0.15) is 18.4 Å². The maximum atomic E-state index is 12.7. The van der Waals surface area contributed by atoms with Crippen LogP contribution >= 0.6 is 23.2 Å². The molecular weight excluding hydrogens is 487 g/mol. The minimum absolute atomic E-state index is 0.00286. The standard InChI is InChI=1S/C22H20Cl2N4O4S/c23-16-4-7-20(18(24)14-16)32-12-1-3-21(29)28-11-8-15-13-17(5-6-19(15)28)33(30,31)27-22-25-9-2-10-26-22/h2,4-7,9-10,13-14H,1,3,8,11-12H2,(H,25,26,27). The number of sulfonamides is 1. The first-order valence-corrected chi connectivity index (χ1v) is 12.4. The van der Waals surface area contributed by atoms with Crippen molar-refractivity contribution in [1.82, 2.24) is 9.97 Å². The number of fused-ring (bicyclic) bond motifs is 1. The molecular formula is C22H20Cl2N4O4S. The van der Waals surface area contributed by atoms with Crippen molar-refractivity contribution in [1.29, 1.82) is 0 Å². The smallest absolute Gasteiger partial charge is 0.264 e. The third-order valence-corrected chi connectivity index (χ3v) is 6.89. The Kier molecular flexibility index (Phi) is 7.02. The van der Waals surface area contributed by atoms with Gasteiger partial charge in [-0.3, -0.25) is 4.79 Å². The van der Waals surface area contributed by atoms with E-state index in [-0.39, 0.29) is 23.2 Å². The summed E-state index contributed by atoms with van der Waals surface area (Å²) in [4.78, 5) is 22.3. The molecule has 0 radical (unpaired) electrons. The second-order valence-corrected chi connectivity index (χ2v) is 9.82. The van der Waals surface area contributed by atoms with E-state index in [0.717, 1.165) is 11.3 Å². The first kappa shape index (κ1) is 23.3. The Labute approximate surface area is 201 Å². The molecule has 0 unspecified atom stereocenters. The number of anilines is 2. The molecule has 11 heteroatoms. The number of amides is 1. The summed E-state index contributed by atoms with van der Waals surface area (Å²) in [5.74, 6) is 0.464. The van der Waals surface area contributed by atoms with E-state index < -0.39 is 10.0 Å². The van der Waals surface area contributed by atoms with Gasteiger partial charge in [-0.05, 0) is 60.9 Å². The van der Waals surface area contributed by atoms with Crippen molar-refractivity contribution < 1.29 is 17.9 Å². The van der Waals surface area contributed by atoms with Gasteiger partial charge in [0.15, 0.2) is 0 Å². The molecule has 8 nitrogen and oxygen atoms in total. The number of nitrogens with one attached hydrogen (secondary N) is 1. The Morgan fingerprint density at radius 1 is 1.12 bits per heavy atom. The largest absolute Gasteiger partial charge is 0.492 e. The molecule has 0 atom stereocenters. The maximum Gasteiger partial charge on any atom is 0.264 e. The highest BCUT2D eigenvalue weighted by atomic mass is 35.5. The summed E-state index contributed by atoms with van der Waals surface area (Å²) < 4.78 is 33.3. The van der Waals surface area contributed by atoms with Crippen molar-refractivity contribution >= 4 is 50.8 Å². The van der Waals surface area contributed by atoms with E-state index in [1.54, 1.807) is 41.3 Å². The number of rotatable bonds is 8. The van der Waals surface area contributed by atoms with Crippen molar-refractivity contribution in [3.8, 4) is 5.75 Å². The fourth-order valence-electron chi connectivity index (χ4n) is 3.47. The molecule has 0 fully saturated rings. The maximum absolute atomic E-state index is 12.7. The van der Waals surface area contributed by atoms with Gasteiger partial charge in [-0.1, -0.05) is 23.2 Å². The van der Waals surface area contributed by atoms with Gasteiger partial charge in [0, 0.05) is 36.1 Å². The zero-order chi connectivity index (χ0) is 23.4. The zero-order valence-electron chi connectivity index (χ0n) is 17.4. The molecule has 3 aromatic rings. The Balaban J connectivity index is 1.35. The SMILES string of the molecule is O=C(CCCOc1ccc(Cl)cc1Cl)N1CCc2cc(S(=O)(=O)Nc3ncccn3)ccc21. The lowest BCUT2D eigenvalue weighted by atomic mass is 10.2. The van der Waals surface area contributed by atoms with E-state index in [9.17, 15) is 13.2 Å². The summed E-state index contributed by atoms with van der Waals surface area (Å²) >= 11 is 12.0. The van der Waals surface area contributed by atoms with Gasteiger partial charge in [-0.25, -0.2) is 23.1 Å². The van der Waals surface area contributed by atoms with Crippen LogP contribution < -0.4 is 14.4 Å². The number of aromatic nitrogens is 2. The van der Waals surface area contributed by atoms with Crippen LogP contribution in [0.3, 0.4) is 0 Å². The second-order valence-electron chi connectivity index (χ2n) is 7.29. The predicted molar refractivity (Wildman–Crippen MR) is 127 cm³/mol. The number of hydrogen-bond acceptors (Lipinski definition) is 6. The van der Waals surface area contributed by atoms with Gasteiger partial charge < -0.3 is 9.64 Å². The van der Waals surface area contributed by atoms with Crippen molar-refractivity contribution in [2.45, 2.75) is 24.2 Å². The summed E-state index contributed by atoms with van der Waals surface area (Å²) in [7, 11) is -3.84. The summed E-state index contributed by atoms with van der Waals surface area (Å²) in [6.07, 6.45) is 4.27. The lowest BCUT2D eigenvalue weighted by Crippen LogP contribution is -2.29. The molecule has 1 aromatic heterocycles. The van der Waals surface area contributed by atoms with Crippen LogP contribution in [-0.2, 0) is 21.2 Å². The molecule has 0 bridgehead atoms. The normalized spacial score (nSPS) is 13.0. The quantitative estimate of drug-likeness (QED) is 0.456. The third-order valence-electron chi connectivity index (χ3n) is 5.04. The highest BCUT2D eigenvalue weighted by Crippen LogP contribution is 2.31. The molecule has 0 saturated heterocycles. The lowest BCUT2D eigenvalue weighted by molar-refractivity contribution is -0.118. The summed E-state index contributed by atoms with van der Waals surface area (Å²) in [6.45, 7) is 0.828. The predicted octanol–water partition coefficient (Wildman–Crippen LogP) is 4.33. The third kappa shape index (κ3) is 5.55. The highest BCUT2D eigenvalue weighted by Gasteiger charge is 2.26. The van der Waals surface area contributed by atoms with Gasteiger partial charge in [0.1, 0.15) is 5.75 Å². The number of halogens is 2. The first-order chi connectivity index (χ1) is 15.8. The van der Waals surface area contributed by atoms with Crippen LogP contribution in [0.4, 0.5) is 11.6 Å². The number of ether oxygens (including phenoxy) is 1. The van der Waals surface area contributed by atoms with Crippen molar-refractivity contribution in [2.24, 2.45) is 0 Å². The number of nitrogens with zero attached hydrogens (tertiary/aromatic N) is 3. The number of benzene rings is 2. The molecule has 0 spiro atoms. The van der Waals surface area contributed by atoms with Gasteiger partial charge in [0.2, 0.25) is 11.9 Å². The molecule has 2 heterocycles. The Morgan fingerprint density at radius 2 is 1.91 bits per heavy atom. The summed E-state index contributed by atoms with van der Waals surface area (Å²) in [5, 5.41) is 0.941. The fourth-order valence-corrected chi connectivity index (χ4v) is 4.94. The molecule has 1 aliphatic rings. The minimum Gasteiger partial charge on any atom is -0.492 e. The number of carbonyl (C=O) groups is 1. The average Bonchev–Trinajstić information content (AvgIpc) is 3.21. The van der Waals surface area contributed by atoms with Gasteiger partial charge in [0.05, 0.1) is 16.5 Å². The lowest BCUT2D eigenvalue weighted by Gasteiger charge is -2.18. The van der Waals surface area contributed by atoms with Crippen LogP contribution in [0.25, 0.3) is 0 Å². The van der Waals surface area contributed by atoms with Crippen LogP contribution in [0.15, 0.2) is 59.8 Å². The van der Waals surface area contributed by atoms with Crippen LogP contribution in [0, 0.1) is 0 Å². The zero-order valence-corrected chi connectivity index (χ0v) is 19.7. The Morgan fingerprint density at radius 3 is 2.67 bits per heavy atom. The van der Waals surface area contributed by atoms with Crippen molar-refractivity contribution in [3.63, 3.8) is 0 Å². The molecule has 0 saturated carbocycles. The van der Waals surface area contributed by atoms with Crippen molar-refractivity contribution in [2.75, 3.05) is 22.8 Å². The van der Waals surface area contributed by atoms with E-state index in [1.165, 1.54) is 18.5 Å². The first-order valence-electron chi connectivity index (χ1n) is 10.1. The van der Waals surface area contributed by atoms with E-state index in [4.69, 9.17) is 27.9 Å². The van der Waals surface area contributed by atoms with E-state index >= 15 is 0 Å². The average molecular weight is 507 g/mol. The van der Waals surface area contributed by atoms with E-state index in [0.29, 0.717) is 41.8 Å². The monoisotopic (exact) mass is 506 g/mol. The van der Waals surface area contributed by atoms with Crippen LogP contribution in [0.2, 0.25) is 10.0 Å². The minimum atomic E-state index is -3.84. The van der Waals surface area contributed by atoms with Gasteiger partial charge in [-0.15, -0.1) is 0 Å². The topological polar surface area (TPSA) is 101 Å². The number of carbonyl (C=O) groups excluding carboxylic acids is 1. The van der Waals surface area contributed by atoms with Crippen LogP contribution in [0.5, 0.6) is 5.75 Å².